The smallest absolute Gasteiger partial charge is 0.254 e. The first-order valence-electron chi connectivity index (χ1n) is 7.42. The Morgan fingerprint density at radius 1 is 1.27 bits per heavy atom. The van der Waals surface area contributed by atoms with Gasteiger partial charge in [-0.15, -0.1) is 0 Å². The van der Waals surface area contributed by atoms with Crippen LogP contribution in [0, 0.1) is 0 Å². The molecule has 3 aromatic rings. The predicted molar refractivity (Wildman–Crippen MR) is 83.6 cm³/mol. The highest BCUT2D eigenvalue weighted by Crippen LogP contribution is 2.35. The average molecular weight is 297 g/mol. The first-order chi connectivity index (χ1) is 10.7. The topological polar surface area (TPSA) is 38.1 Å². The van der Waals surface area contributed by atoms with E-state index in [1.54, 1.807) is 11.1 Å². The van der Waals surface area contributed by atoms with Crippen LogP contribution in [0.2, 0.25) is 0 Å². The van der Waals surface area contributed by atoms with Gasteiger partial charge in [0.25, 0.3) is 5.91 Å². The number of carbonyl (C=O) groups excluding carboxylic acids is 1. The van der Waals surface area contributed by atoms with Gasteiger partial charge in [-0.2, -0.15) is 0 Å². The lowest BCUT2D eigenvalue weighted by atomic mass is 10.0. The summed E-state index contributed by atoms with van der Waals surface area (Å²) >= 11 is 0. The third-order valence-electron chi connectivity index (χ3n) is 4.38. The maximum absolute atomic E-state index is 12.6. The van der Waals surface area contributed by atoms with Gasteiger partial charge in [0, 0.05) is 37.3 Å². The first kappa shape index (κ1) is 13.2. The van der Waals surface area contributed by atoms with Gasteiger partial charge in [-0.25, -0.2) is 0 Å². The van der Waals surface area contributed by atoms with Crippen LogP contribution in [-0.2, 0) is 13.1 Å². The molecule has 112 valence electrons. The van der Waals surface area contributed by atoms with Crippen LogP contribution in [0.1, 0.15) is 22.3 Å². The van der Waals surface area contributed by atoms with Crippen LogP contribution in [0.5, 0.6) is 0 Å². The summed E-state index contributed by atoms with van der Waals surface area (Å²) in [6, 6.07) is 7.75. The number of hydrogen-bond acceptors (Lipinski definition) is 2. The quantitative estimate of drug-likeness (QED) is 0.745. The summed E-state index contributed by atoms with van der Waals surface area (Å²) in [5.74, 6) is 0.0532. The lowest BCUT2D eigenvalue weighted by Crippen LogP contribution is -2.17. The molecular weight excluding hydrogens is 281 g/mol. The molecule has 0 saturated heterocycles. The molecule has 4 rings (SSSR count). The van der Waals surface area contributed by atoms with Crippen molar-refractivity contribution in [3.05, 3.63) is 41.6 Å². The van der Waals surface area contributed by atoms with Crippen molar-refractivity contribution in [1.82, 2.24) is 14.5 Å². The summed E-state index contributed by atoms with van der Waals surface area (Å²) in [5.41, 5.74) is 4.72. The number of nitrogens with zero attached hydrogens (tertiary/aromatic N) is 3. The first-order valence-corrected chi connectivity index (χ1v) is 7.42. The second-order valence-corrected chi connectivity index (χ2v) is 5.71. The van der Waals surface area contributed by atoms with Crippen LogP contribution in [0.4, 0.5) is 4.39 Å². The Morgan fingerprint density at radius 2 is 2.14 bits per heavy atom. The zero-order chi connectivity index (χ0) is 15.3. The van der Waals surface area contributed by atoms with Crippen LogP contribution in [0.25, 0.3) is 21.9 Å². The second kappa shape index (κ2) is 4.80. The van der Waals surface area contributed by atoms with Crippen LogP contribution >= 0.6 is 0 Å². The number of benzene rings is 1. The summed E-state index contributed by atoms with van der Waals surface area (Å²) in [6.07, 6.45) is 2.24. The molecule has 0 bridgehead atoms. The summed E-state index contributed by atoms with van der Waals surface area (Å²) < 4.78 is 14.7. The van der Waals surface area contributed by atoms with Gasteiger partial charge in [-0.3, -0.25) is 14.2 Å². The van der Waals surface area contributed by atoms with Gasteiger partial charge < -0.3 is 9.47 Å². The van der Waals surface area contributed by atoms with Gasteiger partial charge in [0.1, 0.15) is 0 Å². The van der Waals surface area contributed by atoms with E-state index in [4.69, 9.17) is 0 Å². The molecule has 22 heavy (non-hydrogen) atoms. The zero-order valence-corrected chi connectivity index (χ0v) is 12.3. The second-order valence-electron chi connectivity index (χ2n) is 5.71. The van der Waals surface area contributed by atoms with Crippen molar-refractivity contribution < 1.29 is 9.18 Å². The van der Waals surface area contributed by atoms with Crippen molar-refractivity contribution >= 4 is 27.8 Å². The average Bonchev–Trinajstić information content (AvgIpc) is 3.01. The molecule has 3 heterocycles. The number of pyridine rings is 1. The fourth-order valence-corrected chi connectivity index (χ4v) is 3.40. The van der Waals surface area contributed by atoms with Crippen molar-refractivity contribution in [2.24, 2.45) is 0 Å². The molecule has 0 unspecified atom stereocenters. The number of amides is 1. The van der Waals surface area contributed by atoms with Crippen LogP contribution in [0.3, 0.4) is 0 Å². The summed E-state index contributed by atoms with van der Waals surface area (Å²) in [7, 11) is 1.81. The fraction of sp³-hybridized carbons (Fsp3) is 0.294. The number of aryl methyl sites for hydroxylation is 1. The number of halogens is 1. The maximum Gasteiger partial charge on any atom is 0.254 e. The number of aromatic nitrogens is 2. The molecule has 0 atom stereocenters. The fourth-order valence-electron chi connectivity index (χ4n) is 3.40. The van der Waals surface area contributed by atoms with E-state index in [2.05, 4.69) is 9.55 Å². The molecule has 0 aliphatic carbocycles. The van der Waals surface area contributed by atoms with E-state index in [1.807, 2.05) is 31.3 Å². The Balaban J connectivity index is 2.08. The van der Waals surface area contributed by atoms with Crippen molar-refractivity contribution in [3.8, 4) is 0 Å². The molecule has 1 amide bonds. The number of fused-ring (bicyclic) bond motifs is 5. The standard InChI is InChI=1S/C17H16FN3O/c1-20-10-12-11(17(20)22)5-6-13-15(12)16-14(4-2-8-19-16)21(13)9-3-7-18/h2,4-6,8H,3,7,9-10H2,1H3. The van der Waals surface area contributed by atoms with E-state index in [-0.39, 0.29) is 12.6 Å². The minimum atomic E-state index is -0.340. The molecule has 1 aliphatic heterocycles. The van der Waals surface area contributed by atoms with Gasteiger partial charge in [0.05, 0.1) is 23.2 Å². The van der Waals surface area contributed by atoms with Crippen LogP contribution in [-0.4, -0.2) is 34.1 Å². The van der Waals surface area contributed by atoms with E-state index in [9.17, 15) is 9.18 Å². The SMILES string of the molecule is CN1Cc2c(ccc3c2c2ncccc2n3CCCF)C1=O. The highest BCUT2D eigenvalue weighted by atomic mass is 19.1. The third-order valence-corrected chi connectivity index (χ3v) is 4.38. The Bertz CT molecular complexity index is 900. The Labute approximate surface area is 127 Å². The van der Waals surface area contributed by atoms with E-state index in [0.717, 1.165) is 33.1 Å². The molecule has 0 radical (unpaired) electrons. The largest absolute Gasteiger partial charge is 0.339 e. The van der Waals surface area contributed by atoms with Gasteiger partial charge >= 0.3 is 0 Å². The Morgan fingerprint density at radius 3 is 2.95 bits per heavy atom. The summed E-state index contributed by atoms with van der Waals surface area (Å²) in [4.78, 5) is 18.4. The Hall–Kier alpha value is -2.43. The van der Waals surface area contributed by atoms with E-state index < -0.39 is 0 Å². The number of alkyl halides is 1. The number of hydrogen-bond donors (Lipinski definition) is 0. The lowest BCUT2D eigenvalue weighted by Gasteiger charge is -2.06. The minimum absolute atomic E-state index is 0.0532. The normalized spacial score (nSPS) is 14.3. The number of carbonyl (C=O) groups is 1. The van der Waals surface area contributed by atoms with Gasteiger partial charge in [0.15, 0.2) is 0 Å². The highest BCUT2D eigenvalue weighted by Gasteiger charge is 2.28. The molecule has 4 nitrogen and oxygen atoms in total. The molecule has 0 fully saturated rings. The van der Waals surface area contributed by atoms with E-state index >= 15 is 0 Å². The van der Waals surface area contributed by atoms with Gasteiger partial charge in [-0.05, 0) is 36.2 Å². The molecule has 1 aromatic carbocycles. The van der Waals surface area contributed by atoms with Crippen LogP contribution < -0.4 is 0 Å². The molecule has 0 spiro atoms. The van der Waals surface area contributed by atoms with E-state index in [0.29, 0.717) is 19.5 Å². The van der Waals surface area contributed by atoms with Crippen molar-refractivity contribution in [3.63, 3.8) is 0 Å². The highest BCUT2D eigenvalue weighted by molar-refractivity contribution is 6.12. The van der Waals surface area contributed by atoms with Crippen molar-refractivity contribution in [1.29, 1.82) is 0 Å². The van der Waals surface area contributed by atoms with E-state index in [1.165, 1.54) is 0 Å². The van der Waals surface area contributed by atoms with Crippen molar-refractivity contribution in [2.45, 2.75) is 19.5 Å². The van der Waals surface area contributed by atoms with Crippen molar-refractivity contribution in [2.75, 3.05) is 13.7 Å². The monoisotopic (exact) mass is 297 g/mol. The Kier molecular flexibility index (Phi) is 2.89. The maximum atomic E-state index is 12.6. The predicted octanol–water partition coefficient (Wildman–Crippen LogP) is 3.13. The zero-order valence-electron chi connectivity index (χ0n) is 12.3. The molecule has 0 N–H and O–H groups in total. The lowest BCUT2D eigenvalue weighted by molar-refractivity contribution is 0.0816. The van der Waals surface area contributed by atoms with Crippen LogP contribution in [0.15, 0.2) is 30.5 Å². The van der Waals surface area contributed by atoms with Gasteiger partial charge in [0.2, 0.25) is 0 Å². The minimum Gasteiger partial charge on any atom is -0.339 e. The molecule has 1 aliphatic rings. The molecular formula is C17H16FN3O. The molecule has 0 saturated carbocycles. The molecule has 5 heteroatoms. The molecule has 2 aromatic heterocycles. The van der Waals surface area contributed by atoms with Gasteiger partial charge in [-0.1, -0.05) is 0 Å². The number of rotatable bonds is 3. The third kappa shape index (κ3) is 1.68. The summed E-state index contributed by atoms with van der Waals surface area (Å²) in [6.45, 7) is 0.878. The summed E-state index contributed by atoms with van der Waals surface area (Å²) in [5, 5.41) is 1.03.